The van der Waals surface area contributed by atoms with Crippen LogP contribution in [0.2, 0.25) is 0 Å². The summed E-state index contributed by atoms with van der Waals surface area (Å²) < 4.78 is 31.4. The van der Waals surface area contributed by atoms with Gasteiger partial charge in [0.1, 0.15) is 6.61 Å². The Labute approximate surface area is 172 Å². The fraction of sp³-hybridized carbons (Fsp3) is 0.353. The molecule has 10 nitrogen and oxygen atoms in total. The third-order valence-corrected chi connectivity index (χ3v) is 7.63. The van der Waals surface area contributed by atoms with Crippen LogP contribution in [0.4, 0.5) is 15.6 Å². The van der Waals surface area contributed by atoms with E-state index in [1.165, 1.54) is 26.0 Å². The molecule has 0 radical (unpaired) electrons. The highest BCUT2D eigenvalue weighted by Crippen LogP contribution is 2.31. The van der Waals surface area contributed by atoms with Crippen LogP contribution >= 0.6 is 11.3 Å². The van der Waals surface area contributed by atoms with Crippen molar-refractivity contribution in [3.8, 4) is 0 Å². The average Bonchev–Trinajstić information content (AvgIpc) is 3.11. The topological polar surface area (TPSA) is 113 Å². The van der Waals surface area contributed by atoms with E-state index in [2.05, 4.69) is 15.5 Å². The maximum Gasteiger partial charge on any atom is 0.327 e. The first-order chi connectivity index (χ1) is 13.7. The number of aromatic nitrogens is 1. The molecule has 0 saturated heterocycles. The Balaban J connectivity index is 1.72. The minimum Gasteiger partial charge on any atom is -0.471 e. The molecule has 3 rings (SSSR count). The summed E-state index contributed by atoms with van der Waals surface area (Å²) in [5.74, 6) is 0.388. The van der Waals surface area contributed by atoms with E-state index in [1.807, 2.05) is 0 Å². The van der Waals surface area contributed by atoms with Crippen molar-refractivity contribution in [1.82, 2.24) is 9.29 Å². The van der Waals surface area contributed by atoms with Crippen LogP contribution in [0.1, 0.15) is 11.3 Å². The molecule has 0 fully saturated rings. The Bertz CT molecular complexity index is 1030. The van der Waals surface area contributed by atoms with E-state index in [4.69, 9.17) is 9.57 Å². The smallest absolute Gasteiger partial charge is 0.327 e. The van der Waals surface area contributed by atoms with Gasteiger partial charge in [0.15, 0.2) is 15.9 Å². The van der Waals surface area contributed by atoms with Crippen LogP contribution < -0.4 is 10.2 Å². The number of nitrogens with zero attached hydrogens (tertiary/aromatic N) is 4. The fourth-order valence-corrected chi connectivity index (χ4v) is 4.95. The molecule has 12 heteroatoms. The molecule has 0 saturated carbocycles. The van der Waals surface area contributed by atoms with Crippen molar-refractivity contribution in [2.24, 2.45) is 5.16 Å². The number of benzene rings is 1. The predicted octanol–water partition coefficient (Wildman–Crippen LogP) is 2.08. The van der Waals surface area contributed by atoms with E-state index < -0.39 is 16.1 Å². The maximum atomic E-state index is 12.6. The normalized spacial score (nSPS) is 14.0. The molecule has 0 bridgehead atoms. The number of hydrogen-bond donors (Lipinski definition) is 1. The minimum atomic E-state index is -3.62. The number of hydrogen-bond acceptors (Lipinski definition) is 8. The lowest BCUT2D eigenvalue weighted by Gasteiger charge is -2.16. The van der Waals surface area contributed by atoms with Crippen molar-refractivity contribution in [2.75, 3.05) is 44.6 Å². The van der Waals surface area contributed by atoms with E-state index >= 15 is 0 Å². The van der Waals surface area contributed by atoms with E-state index in [1.54, 1.807) is 31.2 Å². The number of rotatable bonds is 5. The van der Waals surface area contributed by atoms with Gasteiger partial charge in [-0.2, -0.15) is 0 Å². The Morgan fingerprint density at radius 3 is 2.45 bits per heavy atom. The number of oxime groups is 1. The van der Waals surface area contributed by atoms with Crippen LogP contribution in [0, 0.1) is 6.92 Å². The predicted molar refractivity (Wildman–Crippen MR) is 110 cm³/mol. The van der Waals surface area contributed by atoms with Gasteiger partial charge in [-0.15, -0.1) is 0 Å². The molecular formula is C17H21N5O5S2. The molecule has 2 amide bonds. The molecule has 1 aromatic carbocycles. The number of thiazole rings is 1. The molecule has 0 spiro atoms. The molecule has 1 aliphatic heterocycles. The number of amides is 2. The zero-order chi connectivity index (χ0) is 21.2. The molecular weight excluding hydrogens is 418 g/mol. The van der Waals surface area contributed by atoms with Gasteiger partial charge in [0.25, 0.3) is 15.9 Å². The van der Waals surface area contributed by atoms with Gasteiger partial charge in [0.05, 0.1) is 5.69 Å². The summed E-state index contributed by atoms with van der Waals surface area (Å²) in [6, 6.07) is 6.46. The number of anilines is 2. The quantitative estimate of drug-likeness (QED) is 0.763. The van der Waals surface area contributed by atoms with Gasteiger partial charge in [-0.3, -0.25) is 4.90 Å². The molecule has 2 heterocycles. The molecule has 29 heavy (non-hydrogen) atoms. The molecule has 1 N–H and O–H groups in total. The highest BCUT2D eigenvalue weighted by molar-refractivity contribution is 7.91. The van der Waals surface area contributed by atoms with Crippen LogP contribution in [-0.4, -0.2) is 64.0 Å². The lowest BCUT2D eigenvalue weighted by molar-refractivity contribution is 0.0655. The second kappa shape index (κ2) is 8.35. The second-order valence-electron chi connectivity index (χ2n) is 6.30. The third-order valence-electron chi connectivity index (χ3n) is 3.99. The van der Waals surface area contributed by atoms with E-state index in [0.29, 0.717) is 30.5 Å². The molecule has 0 atom stereocenters. The number of urea groups is 1. The van der Waals surface area contributed by atoms with Crippen LogP contribution in [0.5, 0.6) is 0 Å². The number of aryl methyl sites for hydroxylation is 1. The molecule has 156 valence electrons. The van der Waals surface area contributed by atoms with E-state index in [0.717, 1.165) is 21.2 Å². The molecule has 1 aliphatic rings. The van der Waals surface area contributed by atoms with Crippen molar-refractivity contribution >= 4 is 44.1 Å². The van der Waals surface area contributed by atoms with Gasteiger partial charge in [-0.1, -0.05) is 11.3 Å². The second-order valence-corrected chi connectivity index (χ2v) is 9.63. The molecule has 2 aromatic rings. The van der Waals surface area contributed by atoms with Gasteiger partial charge >= 0.3 is 6.03 Å². The summed E-state index contributed by atoms with van der Waals surface area (Å²) in [5, 5.41) is 6.86. The maximum absolute atomic E-state index is 12.6. The van der Waals surface area contributed by atoms with Gasteiger partial charge in [0, 0.05) is 32.4 Å². The summed E-state index contributed by atoms with van der Waals surface area (Å²) >= 11 is 0.941. The van der Waals surface area contributed by atoms with Crippen molar-refractivity contribution < 1.29 is 22.8 Å². The monoisotopic (exact) mass is 439 g/mol. The SMILES string of the molecule is Cc1nc(N(C)C(=O)Nc2ccc(C3=NOCCO3)cc2)sc1S(=O)(=O)N(C)C. The lowest BCUT2D eigenvalue weighted by atomic mass is 10.2. The summed E-state index contributed by atoms with van der Waals surface area (Å²) in [7, 11) is 0.799. The van der Waals surface area contributed by atoms with Gasteiger partial charge in [0.2, 0.25) is 0 Å². The van der Waals surface area contributed by atoms with Crippen LogP contribution in [0.3, 0.4) is 0 Å². The zero-order valence-electron chi connectivity index (χ0n) is 16.4. The first-order valence-electron chi connectivity index (χ1n) is 8.58. The lowest BCUT2D eigenvalue weighted by Crippen LogP contribution is -2.31. The largest absolute Gasteiger partial charge is 0.471 e. The van der Waals surface area contributed by atoms with Crippen molar-refractivity contribution in [3.05, 3.63) is 35.5 Å². The van der Waals surface area contributed by atoms with Crippen LogP contribution in [0.25, 0.3) is 0 Å². The Morgan fingerprint density at radius 2 is 1.86 bits per heavy atom. The molecule has 0 unspecified atom stereocenters. The Morgan fingerprint density at radius 1 is 1.17 bits per heavy atom. The molecule has 1 aromatic heterocycles. The first kappa shape index (κ1) is 21.0. The Kier molecular flexibility index (Phi) is 6.05. The van der Waals surface area contributed by atoms with E-state index in [9.17, 15) is 13.2 Å². The molecule has 0 aliphatic carbocycles. The van der Waals surface area contributed by atoms with E-state index in [-0.39, 0.29) is 9.34 Å². The van der Waals surface area contributed by atoms with Crippen molar-refractivity contribution in [1.29, 1.82) is 0 Å². The van der Waals surface area contributed by atoms with Gasteiger partial charge in [-0.05, 0) is 36.3 Å². The standard InChI is InChI=1S/C17H21N5O5S2/c1-11-15(29(24,25)21(2)3)28-17(18-11)22(4)16(23)19-13-7-5-12(6-8-13)14-20-27-10-9-26-14/h5-8H,9-10H2,1-4H3,(H,19,23). The average molecular weight is 440 g/mol. The van der Waals surface area contributed by atoms with Crippen molar-refractivity contribution in [3.63, 3.8) is 0 Å². The minimum absolute atomic E-state index is 0.108. The summed E-state index contributed by atoms with van der Waals surface area (Å²) in [5.41, 5.74) is 1.63. The Hall–Kier alpha value is -2.70. The first-order valence-corrected chi connectivity index (χ1v) is 10.8. The van der Waals surface area contributed by atoms with Crippen LogP contribution in [0.15, 0.2) is 33.6 Å². The highest BCUT2D eigenvalue weighted by Gasteiger charge is 2.26. The number of sulfonamides is 1. The van der Waals surface area contributed by atoms with Crippen molar-refractivity contribution in [2.45, 2.75) is 11.1 Å². The number of carbonyl (C=O) groups is 1. The highest BCUT2D eigenvalue weighted by atomic mass is 32.2. The summed E-state index contributed by atoms with van der Waals surface area (Å²) in [4.78, 5) is 23.0. The zero-order valence-corrected chi connectivity index (χ0v) is 18.0. The van der Waals surface area contributed by atoms with Gasteiger partial charge < -0.3 is 14.9 Å². The van der Waals surface area contributed by atoms with Crippen LogP contribution in [-0.2, 0) is 19.6 Å². The van der Waals surface area contributed by atoms with Gasteiger partial charge in [-0.25, -0.2) is 22.5 Å². The summed E-state index contributed by atoms with van der Waals surface area (Å²) in [6.07, 6.45) is 0. The number of ether oxygens (including phenoxy) is 1. The fourth-order valence-electron chi connectivity index (χ4n) is 2.35. The number of carbonyl (C=O) groups excluding carboxylic acids is 1. The summed E-state index contributed by atoms with van der Waals surface area (Å²) in [6.45, 7) is 2.44. The third kappa shape index (κ3) is 4.49. The number of nitrogens with one attached hydrogen (secondary N) is 1.